The standard InChI is InChI=1S/C12H12Cl2N4O/c1-19-8-4-2-3-7(5-8)16-11-9(13)6-10(14)12(17-11)18-15/h2-6H,15H2,1H3,(H2,16,17,18). The minimum atomic E-state index is 0.344. The number of nitrogens with zero attached hydrogens (tertiary/aromatic N) is 1. The van der Waals surface area contributed by atoms with Crippen molar-refractivity contribution in [2.24, 2.45) is 5.84 Å². The van der Waals surface area contributed by atoms with E-state index in [1.807, 2.05) is 24.3 Å². The molecule has 19 heavy (non-hydrogen) atoms. The number of ether oxygens (including phenoxy) is 1. The van der Waals surface area contributed by atoms with Crippen LogP contribution in [0.2, 0.25) is 10.0 Å². The average Bonchev–Trinajstić information content (AvgIpc) is 2.42. The molecule has 0 aliphatic heterocycles. The van der Waals surface area contributed by atoms with Gasteiger partial charge < -0.3 is 15.5 Å². The lowest BCUT2D eigenvalue weighted by Crippen LogP contribution is -2.10. The SMILES string of the molecule is COc1cccc(Nc2nc(NN)c(Cl)cc2Cl)c1. The zero-order valence-electron chi connectivity index (χ0n) is 10.1. The highest BCUT2D eigenvalue weighted by atomic mass is 35.5. The van der Waals surface area contributed by atoms with Crippen molar-refractivity contribution in [2.75, 3.05) is 17.9 Å². The molecule has 1 heterocycles. The first-order valence-corrected chi connectivity index (χ1v) is 6.13. The van der Waals surface area contributed by atoms with Crippen LogP contribution >= 0.6 is 23.2 Å². The van der Waals surface area contributed by atoms with Gasteiger partial charge in [-0.25, -0.2) is 10.8 Å². The van der Waals surface area contributed by atoms with Crippen LogP contribution in [0.15, 0.2) is 30.3 Å². The molecule has 0 aliphatic rings. The number of hydrogen-bond acceptors (Lipinski definition) is 5. The zero-order valence-corrected chi connectivity index (χ0v) is 11.6. The van der Waals surface area contributed by atoms with Gasteiger partial charge in [0.05, 0.1) is 17.2 Å². The fraction of sp³-hybridized carbons (Fsp3) is 0.0833. The molecule has 0 aliphatic carbocycles. The lowest BCUT2D eigenvalue weighted by Gasteiger charge is -2.11. The maximum atomic E-state index is 6.07. The average molecular weight is 299 g/mol. The third-order valence-corrected chi connectivity index (χ3v) is 2.97. The van der Waals surface area contributed by atoms with Gasteiger partial charge in [0, 0.05) is 11.8 Å². The maximum absolute atomic E-state index is 6.07. The second kappa shape index (κ2) is 5.97. The Bertz CT molecular complexity index is 592. The fourth-order valence-corrected chi connectivity index (χ4v) is 1.95. The Morgan fingerprint density at radius 3 is 2.58 bits per heavy atom. The van der Waals surface area contributed by atoms with Gasteiger partial charge in [-0.1, -0.05) is 29.3 Å². The Labute approximate surface area is 120 Å². The topological polar surface area (TPSA) is 72.2 Å². The van der Waals surface area contributed by atoms with Gasteiger partial charge in [-0.05, 0) is 18.2 Å². The van der Waals surface area contributed by atoms with Crippen LogP contribution in [0.5, 0.6) is 5.75 Å². The molecule has 100 valence electrons. The molecule has 5 nitrogen and oxygen atoms in total. The molecule has 1 aromatic carbocycles. The van der Waals surface area contributed by atoms with Crippen molar-refractivity contribution in [1.82, 2.24) is 4.98 Å². The third-order valence-electron chi connectivity index (χ3n) is 2.40. The van der Waals surface area contributed by atoms with Crippen LogP contribution in [0.3, 0.4) is 0 Å². The predicted octanol–water partition coefficient (Wildman–Crippen LogP) is 3.43. The number of anilines is 3. The molecule has 2 aromatic rings. The number of nitrogens with one attached hydrogen (secondary N) is 2. The molecule has 0 bridgehead atoms. The van der Waals surface area contributed by atoms with Crippen LogP contribution in [-0.2, 0) is 0 Å². The van der Waals surface area contributed by atoms with E-state index in [2.05, 4.69) is 15.7 Å². The minimum absolute atomic E-state index is 0.344. The van der Waals surface area contributed by atoms with Crippen molar-refractivity contribution in [3.63, 3.8) is 0 Å². The molecular weight excluding hydrogens is 287 g/mol. The molecule has 0 unspecified atom stereocenters. The van der Waals surface area contributed by atoms with Gasteiger partial charge in [-0.2, -0.15) is 0 Å². The van der Waals surface area contributed by atoms with E-state index in [0.717, 1.165) is 11.4 Å². The van der Waals surface area contributed by atoms with Crippen molar-refractivity contribution < 1.29 is 4.74 Å². The number of benzene rings is 1. The highest BCUT2D eigenvalue weighted by molar-refractivity contribution is 6.37. The summed E-state index contributed by atoms with van der Waals surface area (Å²) in [5.41, 5.74) is 3.20. The van der Waals surface area contributed by atoms with E-state index >= 15 is 0 Å². The quantitative estimate of drug-likeness (QED) is 0.596. The van der Waals surface area contributed by atoms with Gasteiger partial charge in [-0.3, -0.25) is 0 Å². The predicted molar refractivity (Wildman–Crippen MR) is 78.3 cm³/mol. The number of methoxy groups -OCH3 is 1. The normalized spacial score (nSPS) is 10.1. The van der Waals surface area contributed by atoms with Crippen molar-refractivity contribution in [2.45, 2.75) is 0 Å². The van der Waals surface area contributed by atoms with Gasteiger partial charge in [0.1, 0.15) is 5.75 Å². The summed E-state index contributed by atoms with van der Waals surface area (Å²) in [6, 6.07) is 8.95. The van der Waals surface area contributed by atoms with Crippen LogP contribution in [0.25, 0.3) is 0 Å². The monoisotopic (exact) mass is 298 g/mol. The number of pyridine rings is 1. The van der Waals surface area contributed by atoms with E-state index in [1.54, 1.807) is 13.2 Å². The maximum Gasteiger partial charge on any atom is 0.161 e. The number of aromatic nitrogens is 1. The number of nitrogen functional groups attached to an aromatic ring is 1. The molecule has 0 saturated carbocycles. The van der Waals surface area contributed by atoms with Crippen LogP contribution in [0.4, 0.5) is 17.3 Å². The summed E-state index contributed by atoms with van der Waals surface area (Å²) in [4.78, 5) is 4.19. The van der Waals surface area contributed by atoms with E-state index in [4.69, 9.17) is 33.8 Å². The van der Waals surface area contributed by atoms with Gasteiger partial charge in [-0.15, -0.1) is 0 Å². The summed E-state index contributed by atoms with van der Waals surface area (Å²) in [7, 11) is 1.60. The van der Waals surface area contributed by atoms with Crippen LogP contribution in [0.1, 0.15) is 0 Å². The summed E-state index contributed by atoms with van der Waals surface area (Å²) < 4.78 is 5.14. The molecule has 0 atom stereocenters. The van der Waals surface area contributed by atoms with Crippen molar-refractivity contribution >= 4 is 40.5 Å². The smallest absolute Gasteiger partial charge is 0.161 e. The van der Waals surface area contributed by atoms with Crippen molar-refractivity contribution in [3.8, 4) is 5.75 Å². The largest absolute Gasteiger partial charge is 0.497 e. The Balaban J connectivity index is 2.32. The molecule has 0 radical (unpaired) electrons. The number of hydrogen-bond donors (Lipinski definition) is 3. The van der Waals surface area contributed by atoms with Crippen LogP contribution in [-0.4, -0.2) is 12.1 Å². The van der Waals surface area contributed by atoms with Gasteiger partial charge in [0.2, 0.25) is 0 Å². The molecular formula is C12H12Cl2N4O. The van der Waals surface area contributed by atoms with Gasteiger partial charge in [0.25, 0.3) is 0 Å². The van der Waals surface area contributed by atoms with E-state index in [1.165, 1.54) is 0 Å². The second-order valence-corrected chi connectivity index (χ2v) is 4.46. The molecule has 2 rings (SSSR count). The Kier molecular flexibility index (Phi) is 4.31. The van der Waals surface area contributed by atoms with Crippen LogP contribution in [0, 0.1) is 0 Å². The Morgan fingerprint density at radius 1 is 1.16 bits per heavy atom. The summed E-state index contributed by atoms with van der Waals surface area (Å²) in [5, 5.41) is 3.82. The summed E-state index contributed by atoms with van der Waals surface area (Å²) >= 11 is 12.0. The molecule has 0 spiro atoms. The van der Waals surface area contributed by atoms with E-state index in [0.29, 0.717) is 21.7 Å². The summed E-state index contributed by atoms with van der Waals surface area (Å²) in [6.45, 7) is 0. The highest BCUT2D eigenvalue weighted by Crippen LogP contribution is 2.31. The van der Waals surface area contributed by atoms with Gasteiger partial charge >= 0.3 is 0 Å². The lowest BCUT2D eigenvalue weighted by molar-refractivity contribution is 0.415. The second-order valence-electron chi connectivity index (χ2n) is 3.65. The highest BCUT2D eigenvalue weighted by Gasteiger charge is 2.09. The van der Waals surface area contributed by atoms with E-state index in [9.17, 15) is 0 Å². The first kappa shape index (κ1) is 13.7. The van der Waals surface area contributed by atoms with Gasteiger partial charge in [0.15, 0.2) is 11.6 Å². The molecule has 1 aromatic heterocycles. The first-order valence-electron chi connectivity index (χ1n) is 5.37. The summed E-state index contributed by atoms with van der Waals surface area (Å²) in [6.07, 6.45) is 0. The van der Waals surface area contributed by atoms with E-state index < -0.39 is 0 Å². The number of halogens is 2. The van der Waals surface area contributed by atoms with Crippen LogP contribution < -0.4 is 21.3 Å². The Hall–Kier alpha value is -1.69. The number of rotatable bonds is 4. The molecule has 4 N–H and O–H groups in total. The van der Waals surface area contributed by atoms with Crippen molar-refractivity contribution in [1.29, 1.82) is 0 Å². The first-order chi connectivity index (χ1) is 9.13. The molecule has 7 heteroatoms. The number of hydrazine groups is 1. The Morgan fingerprint density at radius 2 is 1.89 bits per heavy atom. The third kappa shape index (κ3) is 3.20. The molecule has 0 fully saturated rings. The lowest BCUT2D eigenvalue weighted by atomic mass is 10.3. The fourth-order valence-electron chi connectivity index (χ4n) is 1.49. The molecule has 0 saturated heterocycles. The summed E-state index contributed by atoms with van der Waals surface area (Å²) in [5.74, 6) is 6.84. The van der Waals surface area contributed by atoms with Crippen molar-refractivity contribution in [3.05, 3.63) is 40.4 Å². The molecule has 0 amide bonds. The zero-order chi connectivity index (χ0) is 13.8. The van der Waals surface area contributed by atoms with E-state index in [-0.39, 0.29) is 0 Å². The number of nitrogens with two attached hydrogens (primary N) is 1. The minimum Gasteiger partial charge on any atom is -0.497 e.